The van der Waals surface area contributed by atoms with Crippen LogP contribution >= 0.6 is 0 Å². The number of hydrogen-bond acceptors (Lipinski definition) is 4. The predicted octanol–water partition coefficient (Wildman–Crippen LogP) is 2.47. The molecule has 0 spiro atoms. The summed E-state index contributed by atoms with van der Waals surface area (Å²) in [5.74, 6) is -0.679. The van der Waals surface area contributed by atoms with Crippen molar-refractivity contribution < 1.29 is 9.90 Å². The van der Waals surface area contributed by atoms with Gasteiger partial charge in [-0.1, -0.05) is 20.8 Å². The molecule has 4 nitrogen and oxygen atoms in total. The van der Waals surface area contributed by atoms with Gasteiger partial charge in [-0.25, -0.2) is 0 Å². The van der Waals surface area contributed by atoms with Crippen LogP contribution in [0.3, 0.4) is 0 Å². The first-order valence-corrected chi connectivity index (χ1v) is 8.35. The van der Waals surface area contributed by atoms with E-state index >= 15 is 0 Å². The molecule has 2 aliphatic rings. The second kappa shape index (κ2) is 5.62. The Bertz CT molecular complexity index is 490. The molecule has 0 aromatic heterocycles. The van der Waals surface area contributed by atoms with Crippen molar-refractivity contribution in [1.29, 1.82) is 5.26 Å². The lowest BCUT2D eigenvalue weighted by Crippen LogP contribution is -2.50. The molecule has 0 radical (unpaired) electrons. The summed E-state index contributed by atoms with van der Waals surface area (Å²) in [5, 5.41) is 20.7. The number of nitriles is 1. The monoisotopic (exact) mass is 306 g/mol. The average molecular weight is 306 g/mol. The van der Waals surface area contributed by atoms with Crippen LogP contribution in [0.15, 0.2) is 0 Å². The highest BCUT2D eigenvalue weighted by molar-refractivity contribution is 5.85. The van der Waals surface area contributed by atoms with Gasteiger partial charge >= 0.3 is 0 Å². The van der Waals surface area contributed by atoms with Gasteiger partial charge in [0.2, 0.25) is 0 Å². The van der Waals surface area contributed by atoms with E-state index in [-0.39, 0.29) is 40.9 Å². The number of ketones is 1. The zero-order chi connectivity index (χ0) is 16.9. The first kappa shape index (κ1) is 17.4. The van der Waals surface area contributed by atoms with Gasteiger partial charge in [-0.3, -0.25) is 4.79 Å². The summed E-state index contributed by atoms with van der Waals surface area (Å²) in [6.07, 6.45) is 2.24. The van der Waals surface area contributed by atoms with Crippen LogP contribution in [-0.4, -0.2) is 41.5 Å². The van der Waals surface area contributed by atoms with Crippen LogP contribution in [0.2, 0.25) is 0 Å². The first-order valence-electron chi connectivity index (χ1n) is 8.35. The Balaban J connectivity index is 2.47. The van der Waals surface area contributed by atoms with Crippen LogP contribution in [0.5, 0.6) is 0 Å². The van der Waals surface area contributed by atoms with Crippen molar-refractivity contribution in [3.05, 3.63) is 0 Å². The molecule has 2 rings (SSSR count). The molecular weight excluding hydrogens is 276 g/mol. The lowest BCUT2D eigenvalue weighted by Gasteiger charge is -2.42. The summed E-state index contributed by atoms with van der Waals surface area (Å²) in [4.78, 5) is 15.2. The van der Waals surface area contributed by atoms with E-state index in [1.165, 1.54) is 0 Å². The van der Waals surface area contributed by atoms with Crippen LogP contribution in [0.25, 0.3) is 0 Å². The Hall–Kier alpha value is -0.920. The third-order valence-corrected chi connectivity index (χ3v) is 6.28. The van der Waals surface area contributed by atoms with Crippen LogP contribution in [0.1, 0.15) is 47.0 Å². The number of aliphatic hydroxyl groups is 1. The molecule has 4 heteroatoms. The van der Waals surface area contributed by atoms with Crippen molar-refractivity contribution in [3.63, 3.8) is 0 Å². The van der Waals surface area contributed by atoms with Gasteiger partial charge in [0.05, 0.1) is 17.6 Å². The highest BCUT2D eigenvalue weighted by Gasteiger charge is 2.58. The second-order valence-electron chi connectivity index (χ2n) is 8.55. The molecule has 2 fully saturated rings. The third kappa shape index (κ3) is 2.70. The number of rotatable bonds is 1. The number of carbonyl (C=O) groups excluding carboxylic acids is 1. The summed E-state index contributed by atoms with van der Waals surface area (Å²) in [7, 11) is 3.98. The molecule has 0 saturated heterocycles. The molecule has 1 N–H and O–H groups in total. The van der Waals surface area contributed by atoms with Gasteiger partial charge < -0.3 is 10.0 Å². The molecule has 22 heavy (non-hydrogen) atoms. The molecule has 2 aliphatic carbocycles. The lowest BCUT2D eigenvalue weighted by atomic mass is 9.68. The smallest absolute Gasteiger partial charge is 0.142 e. The maximum atomic E-state index is 13.2. The van der Waals surface area contributed by atoms with Crippen molar-refractivity contribution in [2.24, 2.45) is 29.1 Å². The molecule has 2 saturated carbocycles. The zero-order valence-corrected chi connectivity index (χ0v) is 14.8. The van der Waals surface area contributed by atoms with E-state index in [2.05, 4.69) is 24.8 Å². The van der Waals surface area contributed by atoms with Gasteiger partial charge in [0, 0.05) is 17.9 Å². The second-order valence-corrected chi connectivity index (χ2v) is 8.55. The van der Waals surface area contributed by atoms with E-state index in [0.29, 0.717) is 6.42 Å². The Morgan fingerprint density at radius 2 is 1.91 bits per heavy atom. The van der Waals surface area contributed by atoms with Gasteiger partial charge in [-0.2, -0.15) is 5.26 Å². The molecule has 0 amide bonds. The maximum Gasteiger partial charge on any atom is 0.142 e. The van der Waals surface area contributed by atoms with E-state index in [1.54, 1.807) is 0 Å². The fraction of sp³-hybridized carbons (Fsp3) is 0.889. The quantitative estimate of drug-likeness (QED) is 0.808. The minimum absolute atomic E-state index is 0.0941. The van der Waals surface area contributed by atoms with Crippen molar-refractivity contribution in [3.8, 4) is 6.07 Å². The van der Waals surface area contributed by atoms with Crippen LogP contribution in [-0.2, 0) is 4.79 Å². The maximum absolute atomic E-state index is 13.2. The first-order chi connectivity index (χ1) is 10.0. The normalized spacial score (nSPS) is 45.0. The minimum Gasteiger partial charge on any atom is -0.390 e. The molecule has 0 bridgehead atoms. The minimum atomic E-state index is -0.877. The molecule has 0 aromatic carbocycles. The van der Waals surface area contributed by atoms with E-state index in [1.807, 2.05) is 27.9 Å². The van der Waals surface area contributed by atoms with Gasteiger partial charge in [-0.05, 0) is 51.6 Å². The molecular formula is C18H30N2O2. The summed E-state index contributed by atoms with van der Waals surface area (Å²) < 4.78 is 0. The van der Waals surface area contributed by atoms with Gasteiger partial charge in [0.1, 0.15) is 5.78 Å². The summed E-state index contributed by atoms with van der Waals surface area (Å²) in [5.41, 5.74) is -1.10. The number of carbonyl (C=O) groups is 1. The molecule has 6 atom stereocenters. The standard InChI is InChI=1S/C18H30N2O2/c1-11-14(20(5)6)7-8-18(4,22)12-9-17(2,3)13(10-19)15(12)16(11)21/h11-15,22H,7-9H2,1-6H3/t11-,12-,13+,14-,15-,18-/m1/s1. The topological polar surface area (TPSA) is 64.3 Å². The predicted molar refractivity (Wildman–Crippen MR) is 86.0 cm³/mol. The lowest BCUT2D eigenvalue weighted by molar-refractivity contribution is -0.137. The average Bonchev–Trinajstić information content (AvgIpc) is 2.67. The van der Waals surface area contributed by atoms with Gasteiger partial charge in [0.15, 0.2) is 0 Å². The highest BCUT2D eigenvalue weighted by atomic mass is 16.3. The van der Waals surface area contributed by atoms with Gasteiger partial charge in [-0.15, -0.1) is 0 Å². The largest absolute Gasteiger partial charge is 0.390 e. The van der Waals surface area contributed by atoms with Crippen LogP contribution in [0, 0.1) is 40.4 Å². The number of fused-ring (bicyclic) bond motifs is 1. The van der Waals surface area contributed by atoms with Crippen LogP contribution in [0.4, 0.5) is 0 Å². The Morgan fingerprint density at radius 1 is 1.32 bits per heavy atom. The Labute approximate surface area is 134 Å². The van der Waals surface area contributed by atoms with E-state index in [0.717, 1.165) is 12.8 Å². The van der Waals surface area contributed by atoms with Crippen molar-refractivity contribution in [2.45, 2.75) is 58.6 Å². The van der Waals surface area contributed by atoms with E-state index in [4.69, 9.17) is 0 Å². The zero-order valence-electron chi connectivity index (χ0n) is 14.8. The van der Waals surface area contributed by atoms with Crippen molar-refractivity contribution in [2.75, 3.05) is 14.1 Å². The Kier molecular flexibility index (Phi) is 4.45. The van der Waals surface area contributed by atoms with Crippen molar-refractivity contribution in [1.82, 2.24) is 4.90 Å². The van der Waals surface area contributed by atoms with Gasteiger partial charge in [0.25, 0.3) is 0 Å². The number of Topliss-reactive ketones (excluding diaryl/α,β-unsaturated/α-hetero) is 1. The number of nitrogens with zero attached hydrogens (tertiary/aromatic N) is 2. The van der Waals surface area contributed by atoms with Crippen LogP contribution < -0.4 is 0 Å². The van der Waals surface area contributed by atoms with Crippen molar-refractivity contribution >= 4 is 5.78 Å². The molecule has 0 aliphatic heterocycles. The molecule has 124 valence electrons. The Morgan fingerprint density at radius 3 is 2.41 bits per heavy atom. The fourth-order valence-corrected chi connectivity index (χ4v) is 4.84. The van der Waals surface area contributed by atoms with E-state index in [9.17, 15) is 15.2 Å². The SMILES string of the molecule is C[C@H]1C(=O)[C@@H]2[C@@H](CC(C)(C)[C@H]2C#N)[C@](C)(O)CC[C@H]1N(C)C. The highest BCUT2D eigenvalue weighted by Crippen LogP contribution is 2.56. The summed E-state index contributed by atoms with van der Waals surface area (Å²) >= 11 is 0. The molecule has 0 unspecified atom stereocenters. The summed E-state index contributed by atoms with van der Waals surface area (Å²) in [6.45, 7) is 7.97. The fourth-order valence-electron chi connectivity index (χ4n) is 4.84. The van der Waals surface area contributed by atoms with E-state index < -0.39 is 5.60 Å². The summed E-state index contributed by atoms with van der Waals surface area (Å²) in [6, 6.07) is 2.52. The molecule has 0 heterocycles. The number of hydrogen-bond donors (Lipinski definition) is 1. The molecule has 0 aromatic rings. The third-order valence-electron chi connectivity index (χ3n) is 6.28.